The number of H-pyrrole nitrogens is 1. The first kappa shape index (κ1) is 12.7. The van der Waals surface area contributed by atoms with Gasteiger partial charge in [0.1, 0.15) is 5.88 Å². The number of halogens is 1. The fourth-order valence-electron chi connectivity index (χ4n) is 1.79. The zero-order valence-electron chi connectivity index (χ0n) is 10.0. The third-order valence-electron chi connectivity index (χ3n) is 2.72. The van der Waals surface area contributed by atoms with Crippen LogP contribution in [0.15, 0.2) is 27.4 Å². The van der Waals surface area contributed by atoms with Crippen LogP contribution in [0, 0.1) is 0 Å². The zero-order chi connectivity index (χ0) is 13.3. The minimum Gasteiger partial charge on any atom is -0.408 e. The van der Waals surface area contributed by atoms with Gasteiger partial charge in [-0.3, -0.25) is 9.78 Å². The first-order valence-electron chi connectivity index (χ1n) is 5.43. The Kier molecular flexibility index (Phi) is 3.17. The van der Waals surface area contributed by atoms with Crippen molar-refractivity contribution in [2.75, 3.05) is 5.88 Å². The number of aromatic amines is 1. The topological polar surface area (TPSA) is 75.1 Å². The predicted molar refractivity (Wildman–Crippen MR) is 68.7 cm³/mol. The molecule has 1 aromatic heterocycles. The van der Waals surface area contributed by atoms with Gasteiger partial charge >= 0.3 is 5.76 Å². The van der Waals surface area contributed by atoms with E-state index in [0.29, 0.717) is 11.1 Å². The van der Waals surface area contributed by atoms with Crippen LogP contribution >= 0.6 is 11.6 Å². The van der Waals surface area contributed by atoms with Crippen molar-refractivity contribution >= 4 is 28.6 Å². The summed E-state index contributed by atoms with van der Waals surface area (Å²) in [6.45, 7) is 3.70. The molecule has 2 rings (SSSR count). The summed E-state index contributed by atoms with van der Waals surface area (Å²) in [7, 11) is 0. The summed E-state index contributed by atoms with van der Waals surface area (Å²) in [6, 6.07) is 5.29. The highest BCUT2D eigenvalue weighted by Crippen LogP contribution is 2.23. The summed E-state index contributed by atoms with van der Waals surface area (Å²) < 4.78 is 4.99. The molecule has 1 heterocycles. The van der Waals surface area contributed by atoms with Crippen LogP contribution in [0.4, 0.5) is 0 Å². The maximum atomic E-state index is 11.3. The molecule has 18 heavy (non-hydrogen) atoms. The molecule has 1 amide bonds. The standard InChI is InChI=1S/C12H13ClN2O3/c1-12(2,15-10(16)6-13)7-3-4-8-9(5-7)18-11(17)14-8/h3-5H,6H2,1-2H3,(H,14,17)(H,15,16). The fourth-order valence-corrected chi connectivity index (χ4v) is 1.86. The molecule has 0 saturated carbocycles. The number of carbonyl (C=O) groups excluding carboxylic acids is 1. The Labute approximate surface area is 108 Å². The average Bonchev–Trinajstić information content (AvgIpc) is 2.67. The molecule has 0 aliphatic heterocycles. The van der Waals surface area contributed by atoms with Crippen LogP contribution in [-0.2, 0) is 10.3 Å². The number of alkyl halides is 1. The number of fused-ring (bicyclic) bond motifs is 1. The van der Waals surface area contributed by atoms with E-state index in [1.54, 1.807) is 12.1 Å². The number of carbonyl (C=O) groups is 1. The Morgan fingerprint density at radius 2 is 2.22 bits per heavy atom. The third kappa shape index (κ3) is 2.41. The van der Waals surface area contributed by atoms with Gasteiger partial charge in [0.15, 0.2) is 5.58 Å². The molecule has 1 aromatic carbocycles. The number of hydrogen-bond donors (Lipinski definition) is 2. The molecule has 5 nitrogen and oxygen atoms in total. The molecule has 0 unspecified atom stereocenters. The van der Waals surface area contributed by atoms with Crippen LogP contribution in [-0.4, -0.2) is 16.8 Å². The van der Waals surface area contributed by atoms with Crippen molar-refractivity contribution in [1.82, 2.24) is 10.3 Å². The van der Waals surface area contributed by atoms with Gasteiger partial charge < -0.3 is 9.73 Å². The first-order chi connectivity index (χ1) is 8.42. The van der Waals surface area contributed by atoms with Gasteiger partial charge in [-0.2, -0.15) is 0 Å². The van der Waals surface area contributed by atoms with Gasteiger partial charge in [-0.05, 0) is 31.5 Å². The highest BCUT2D eigenvalue weighted by atomic mass is 35.5. The third-order valence-corrected chi connectivity index (χ3v) is 2.96. The first-order valence-corrected chi connectivity index (χ1v) is 5.96. The second-order valence-corrected chi connectivity index (χ2v) is 4.80. The molecule has 2 aromatic rings. The molecule has 0 spiro atoms. The number of nitrogens with one attached hydrogen (secondary N) is 2. The Morgan fingerprint density at radius 3 is 2.89 bits per heavy atom. The van der Waals surface area contributed by atoms with E-state index in [4.69, 9.17) is 16.0 Å². The van der Waals surface area contributed by atoms with E-state index >= 15 is 0 Å². The Hall–Kier alpha value is -1.75. The Balaban J connectivity index is 2.40. The lowest BCUT2D eigenvalue weighted by Gasteiger charge is -2.26. The SMILES string of the molecule is CC(C)(NC(=O)CCl)c1ccc2[nH]c(=O)oc2c1. The molecule has 0 fully saturated rings. The summed E-state index contributed by atoms with van der Waals surface area (Å²) in [5.41, 5.74) is 1.33. The number of hydrogen-bond acceptors (Lipinski definition) is 3. The number of amides is 1. The number of aromatic nitrogens is 1. The van der Waals surface area contributed by atoms with Crippen molar-refractivity contribution in [2.24, 2.45) is 0 Å². The maximum absolute atomic E-state index is 11.3. The van der Waals surface area contributed by atoms with Gasteiger partial charge in [-0.25, -0.2) is 4.79 Å². The summed E-state index contributed by atoms with van der Waals surface area (Å²) in [5, 5.41) is 2.79. The molecule has 6 heteroatoms. The molecule has 96 valence electrons. The van der Waals surface area contributed by atoms with E-state index < -0.39 is 11.3 Å². The Morgan fingerprint density at radius 1 is 1.50 bits per heavy atom. The quantitative estimate of drug-likeness (QED) is 0.832. The van der Waals surface area contributed by atoms with Crippen molar-refractivity contribution in [1.29, 1.82) is 0 Å². The normalized spacial score (nSPS) is 11.7. The number of rotatable bonds is 3. The van der Waals surface area contributed by atoms with Crippen LogP contribution in [0.3, 0.4) is 0 Å². The second kappa shape index (κ2) is 4.49. The number of benzene rings is 1. The highest BCUT2D eigenvalue weighted by Gasteiger charge is 2.23. The lowest BCUT2D eigenvalue weighted by molar-refractivity contribution is -0.120. The second-order valence-electron chi connectivity index (χ2n) is 4.53. The van der Waals surface area contributed by atoms with Crippen molar-refractivity contribution in [3.05, 3.63) is 34.3 Å². The summed E-state index contributed by atoms with van der Waals surface area (Å²) in [6.07, 6.45) is 0. The van der Waals surface area contributed by atoms with E-state index in [2.05, 4.69) is 10.3 Å². The molecule has 0 aliphatic carbocycles. The minimum atomic E-state index is -0.587. The van der Waals surface area contributed by atoms with E-state index in [9.17, 15) is 9.59 Å². The van der Waals surface area contributed by atoms with Crippen molar-refractivity contribution in [3.8, 4) is 0 Å². The molecular weight excluding hydrogens is 256 g/mol. The van der Waals surface area contributed by atoms with Gasteiger partial charge in [-0.1, -0.05) is 6.07 Å². The van der Waals surface area contributed by atoms with Crippen LogP contribution in [0.1, 0.15) is 19.4 Å². The van der Waals surface area contributed by atoms with Gasteiger partial charge in [0, 0.05) is 0 Å². The van der Waals surface area contributed by atoms with E-state index in [1.165, 1.54) is 0 Å². The fraction of sp³-hybridized carbons (Fsp3) is 0.333. The van der Waals surface area contributed by atoms with Crippen LogP contribution in [0.2, 0.25) is 0 Å². The Bertz CT molecular complexity index is 642. The molecule has 0 bridgehead atoms. The van der Waals surface area contributed by atoms with Crippen molar-refractivity contribution < 1.29 is 9.21 Å². The van der Waals surface area contributed by atoms with E-state index in [1.807, 2.05) is 19.9 Å². The van der Waals surface area contributed by atoms with Gasteiger partial charge in [-0.15, -0.1) is 11.6 Å². The van der Waals surface area contributed by atoms with Gasteiger partial charge in [0.25, 0.3) is 0 Å². The monoisotopic (exact) mass is 268 g/mol. The summed E-state index contributed by atoms with van der Waals surface area (Å²) in [4.78, 5) is 25.0. The molecule has 2 N–H and O–H groups in total. The highest BCUT2D eigenvalue weighted by molar-refractivity contribution is 6.27. The summed E-state index contributed by atoms with van der Waals surface area (Å²) in [5.74, 6) is -0.840. The average molecular weight is 269 g/mol. The van der Waals surface area contributed by atoms with E-state index in [0.717, 1.165) is 5.56 Å². The zero-order valence-corrected chi connectivity index (χ0v) is 10.8. The molecule has 0 saturated heterocycles. The molecule has 0 radical (unpaired) electrons. The van der Waals surface area contributed by atoms with Gasteiger partial charge in [0.2, 0.25) is 5.91 Å². The van der Waals surface area contributed by atoms with E-state index in [-0.39, 0.29) is 11.8 Å². The smallest absolute Gasteiger partial charge is 0.408 e. The predicted octanol–water partition coefficient (Wildman–Crippen LogP) is 1.71. The van der Waals surface area contributed by atoms with Crippen LogP contribution < -0.4 is 11.1 Å². The summed E-state index contributed by atoms with van der Waals surface area (Å²) >= 11 is 5.47. The van der Waals surface area contributed by atoms with Crippen LogP contribution in [0.25, 0.3) is 11.1 Å². The number of oxazole rings is 1. The lowest BCUT2D eigenvalue weighted by Crippen LogP contribution is -2.41. The largest absolute Gasteiger partial charge is 0.417 e. The minimum absolute atomic E-state index is 0.0923. The molecule has 0 atom stereocenters. The van der Waals surface area contributed by atoms with Crippen molar-refractivity contribution in [2.45, 2.75) is 19.4 Å². The van der Waals surface area contributed by atoms with Crippen LogP contribution in [0.5, 0.6) is 0 Å². The molecular formula is C12H13ClN2O3. The molecule has 0 aliphatic rings. The van der Waals surface area contributed by atoms with Crippen molar-refractivity contribution in [3.63, 3.8) is 0 Å². The maximum Gasteiger partial charge on any atom is 0.417 e. The lowest BCUT2D eigenvalue weighted by atomic mass is 9.94. The van der Waals surface area contributed by atoms with Gasteiger partial charge in [0.05, 0.1) is 11.1 Å².